The zero-order valence-corrected chi connectivity index (χ0v) is 8.37. The van der Waals surface area contributed by atoms with Crippen molar-refractivity contribution >= 4 is 0 Å². The quantitative estimate of drug-likeness (QED) is 0.572. The van der Waals surface area contributed by atoms with E-state index in [4.69, 9.17) is 5.26 Å². The highest BCUT2D eigenvalue weighted by molar-refractivity contribution is 5.30. The molecule has 0 aliphatic rings. The van der Waals surface area contributed by atoms with E-state index in [2.05, 4.69) is 4.89 Å². The predicted octanol–water partition coefficient (Wildman–Crippen LogP) is 3.11. The standard InChI is InChI=1S/C11H16O2/c1-4-11(3,13-12)10-8-6-5-7-9(10)2/h5-8,12H,4H2,1-3H3. The first kappa shape index (κ1) is 10.2. The molecular weight excluding hydrogens is 164 g/mol. The predicted molar refractivity (Wildman–Crippen MR) is 52.5 cm³/mol. The maximum Gasteiger partial charge on any atom is 0.125 e. The van der Waals surface area contributed by atoms with E-state index in [-0.39, 0.29) is 0 Å². The van der Waals surface area contributed by atoms with Crippen molar-refractivity contribution in [2.24, 2.45) is 0 Å². The SMILES string of the molecule is CCC(C)(OO)c1ccccc1C. The fourth-order valence-corrected chi connectivity index (χ4v) is 1.47. The number of benzene rings is 1. The van der Waals surface area contributed by atoms with Crippen molar-refractivity contribution in [1.29, 1.82) is 0 Å². The Labute approximate surface area is 79.1 Å². The maximum atomic E-state index is 8.86. The van der Waals surface area contributed by atoms with Gasteiger partial charge in [-0.15, -0.1) is 0 Å². The van der Waals surface area contributed by atoms with E-state index in [1.807, 2.05) is 45.0 Å². The number of hydrogen-bond donors (Lipinski definition) is 1. The van der Waals surface area contributed by atoms with Gasteiger partial charge in [0.05, 0.1) is 0 Å². The molecule has 0 fully saturated rings. The monoisotopic (exact) mass is 180 g/mol. The third kappa shape index (κ3) is 1.90. The topological polar surface area (TPSA) is 29.5 Å². The third-order valence-corrected chi connectivity index (χ3v) is 2.59. The van der Waals surface area contributed by atoms with Gasteiger partial charge >= 0.3 is 0 Å². The van der Waals surface area contributed by atoms with Gasteiger partial charge < -0.3 is 0 Å². The van der Waals surface area contributed by atoms with E-state index >= 15 is 0 Å². The van der Waals surface area contributed by atoms with Crippen LogP contribution < -0.4 is 0 Å². The number of aryl methyl sites for hydroxylation is 1. The summed E-state index contributed by atoms with van der Waals surface area (Å²) in [5.41, 5.74) is 1.60. The van der Waals surface area contributed by atoms with Crippen molar-refractivity contribution in [3.63, 3.8) is 0 Å². The van der Waals surface area contributed by atoms with Gasteiger partial charge in [0.2, 0.25) is 0 Å². The van der Waals surface area contributed by atoms with Crippen molar-refractivity contribution in [2.75, 3.05) is 0 Å². The largest absolute Gasteiger partial charge is 0.251 e. The summed E-state index contributed by atoms with van der Waals surface area (Å²) in [5.74, 6) is 0. The molecule has 0 bridgehead atoms. The summed E-state index contributed by atoms with van der Waals surface area (Å²) < 4.78 is 0. The van der Waals surface area contributed by atoms with Crippen LogP contribution in [0, 0.1) is 6.92 Å². The van der Waals surface area contributed by atoms with Crippen LogP contribution >= 0.6 is 0 Å². The van der Waals surface area contributed by atoms with Crippen LogP contribution in [0.3, 0.4) is 0 Å². The van der Waals surface area contributed by atoms with E-state index in [0.717, 1.165) is 17.5 Å². The van der Waals surface area contributed by atoms with Gasteiger partial charge in [0, 0.05) is 0 Å². The van der Waals surface area contributed by atoms with Crippen molar-refractivity contribution in [2.45, 2.75) is 32.8 Å². The zero-order valence-electron chi connectivity index (χ0n) is 8.37. The van der Waals surface area contributed by atoms with E-state index in [9.17, 15) is 0 Å². The Hall–Kier alpha value is -0.860. The Bertz CT molecular complexity index is 277. The summed E-state index contributed by atoms with van der Waals surface area (Å²) in [6.07, 6.45) is 0.744. The molecule has 1 rings (SSSR count). The lowest BCUT2D eigenvalue weighted by atomic mass is 9.90. The highest BCUT2D eigenvalue weighted by Crippen LogP contribution is 2.29. The second-order valence-electron chi connectivity index (χ2n) is 3.49. The summed E-state index contributed by atoms with van der Waals surface area (Å²) >= 11 is 0. The number of hydrogen-bond acceptors (Lipinski definition) is 2. The smallest absolute Gasteiger partial charge is 0.125 e. The number of rotatable bonds is 3. The summed E-state index contributed by atoms with van der Waals surface area (Å²) in [6.45, 7) is 5.89. The van der Waals surface area contributed by atoms with Gasteiger partial charge in [0.15, 0.2) is 0 Å². The molecule has 0 aliphatic carbocycles. The van der Waals surface area contributed by atoms with Gasteiger partial charge in [0.25, 0.3) is 0 Å². The first-order valence-corrected chi connectivity index (χ1v) is 4.52. The van der Waals surface area contributed by atoms with Gasteiger partial charge in [-0.25, -0.2) is 4.89 Å². The molecule has 2 heteroatoms. The van der Waals surface area contributed by atoms with E-state index in [0.29, 0.717) is 0 Å². The summed E-state index contributed by atoms with van der Waals surface area (Å²) in [4.78, 5) is 4.55. The molecule has 0 amide bonds. The first-order chi connectivity index (χ1) is 6.14. The van der Waals surface area contributed by atoms with Crippen molar-refractivity contribution < 1.29 is 10.1 Å². The van der Waals surface area contributed by atoms with Crippen LogP contribution in [0.15, 0.2) is 24.3 Å². The second-order valence-corrected chi connectivity index (χ2v) is 3.49. The van der Waals surface area contributed by atoms with Crippen LogP contribution in [0.4, 0.5) is 0 Å². The fourth-order valence-electron chi connectivity index (χ4n) is 1.47. The Morgan fingerprint density at radius 3 is 2.46 bits per heavy atom. The molecule has 1 N–H and O–H groups in total. The maximum absolute atomic E-state index is 8.86. The molecule has 1 aromatic rings. The summed E-state index contributed by atoms with van der Waals surface area (Å²) in [7, 11) is 0. The first-order valence-electron chi connectivity index (χ1n) is 4.52. The molecule has 0 radical (unpaired) electrons. The normalized spacial score (nSPS) is 15.4. The van der Waals surface area contributed by atoms with Crippen LogP contribution in [-0.4, -0.2) is 5.26 Å². The molecule has 0 saturated heterocycles. The van der Waals surface area contributed by atoms with Crippen LogP contribution in [0.2, 0.25) is 0 Å². The third-order valence-electron chi connectivity index (χ3n) is 2.59. The molecule has 1 atom stereocenters. The Morgan fingerprint density at radius 2 is 2.00 bits per heavy atom. The molecule has 13 heavy (non-hydrogen) atoms. The molecule has 0 aliphatic heterocycles. The summed E-state index contributed by atoms with van der Waals surface area (Å²) in [6, 6.07) is 7.93. The van der Waals surface area contributed by atoms with Gasteiger partial charge in [-0.2, -0.15) is 0 Å². The molecule has 0 saturated carbocycles. The minimum absolute atomic E-state index is 0.578. The molecule has 2 nitrogen and oxygen atoms in total. The van der Waals surface area contributed by atoms with Crippen molar-refractivity contribution in [3.05, 3.63) is 35.4 Å². The van der Waals surface area contributed by atoms with Gasteiger partial charge in [0.1, 0.15) is 5.60 Å². The van der Waals surface area contributed by atoms with Gasteiger partial charge in [-0.05, 0) is 31.4 Å². The second kappa shape index (κ2) is 3.90. The van der Waals surface area contributed by atoms with Crippen LogP contribution in [0.1, 0.15) is 31.4 Å². The lowest BCUT2D eigenvalue weighted by Gasteiger charge is -2.26. The summed E-state index contributed by atoms with van der Waals surface area (Å²) in [5, 5.41) is 8.86. The van der Waals surface area contributed by atoms with Crippen LogP contribution in [0.5, 0.6) is 0 Å². The fraction of sp³-hybridized carbons (Fsp3) is 0.455. The Balaban J connectivity index is 3.12. The average Bonchev–Trinajstić information content (AvgIpc) is 2.17. The molecular formula is C11H16O2. The van der Waals surface area contributed by atoms with Gasteiger partial charge in [-0.3, -0.25) is 5.26 Å². The average molecular weight is 180 g/mol. The zero-order chi connectivity index (χ0) is 9.90. The Kier molecular flexibility index (Phi) is 3.07. The van der Waals surface area contributed by atoms with E-state index in [1.54, 1.807) is 0 Å². The minimum Gasteiger partial charge on any atom is -0.251 e. The minimum atomic E-state index is -0.578. The highest BCUT2D eigenvalue weighted by atomic mass is 17.1. The molecule has 0 spiro atoms. The van der Waals surface area contributed by atoms with E-state index in [1.165, 1.54) is 0 Å². The van der Waals surface area contributed by atoms with Crippen molar-refractivity contribution in [3.8, 4) is 0 Å². The molecule has 1 aromatic carbocycles. The lowest BCUT2D eigenvalue weighted by Crippen LogP contribution is -2.24. The molecule has 0 heterocycles. The molecule has 1 unspecified atom stereocenters. The highest BCUT2D eigenvalue weighted by Gasteiger charge is 2.26. The van der Waals surface area contributed by atoms with Crippen LogP contribution in [-0.2, 0) is 10.5 Å². The Morgan fingerprint density at radius 1 is 1.38 bits per heavy atom. The van der Waals surface area contributed by atoms with E-state index < -0.39 is 5.60 Å². The van der Waals surface area contributed by atoms with Crippen LogP contribution in [0.25, 0.3) is 0 Å². The van der Waals surface area contributed by atoms with Crippen molar-refractivity contribution in [1.82, 2.24) is 0 Å². The molecule has 0 aromatic heterocycles. The molecule has 72 valence electrons. The lowest BCUT2D eigenvalue weighted by molar-refractivity contribution is -0.325. The van der Waals surface area contributed by atoms with Gasteiger partial charge in [-0.1, -0.05) is 31.2 Å².